The summed E-state index contributed by atoms with van der Waals surface area (Å²) in [5.41, 5.74) is 1.00. The molecule has 0 fully saturated rings. The highest BCUT2D eigenvalue weighted by Gasteiger charge is 2.10. The topological polar surface area (TPSA) is 46.2 Å². The highest BCUT2D eigenvalue weighted by atomic mass is 35.5. The van der Waals surface area contributed by atoms with Crippen LogP contribution in [0.5, 0.6) is 0 Å². The van der Waals surface area contributed by atoms with Crippen LogP contribution in [0.4, 0.5) is 0 Å². The van der Waals surface area contributed by atoms with Crippen molar-refractivity contribution in [2.75, 3.05) is 5.88 Å². The number of benzene rings is 1. The van der Waals surface area contributed by atoms with Crippen molar-refractivity contribution in [2.45, 2.75) is 12.5 Å². The van der Waals surface area contributed by atoms with Crippen LogP contribution in [-0.4, -0.2) is 24.1 Å². The second-order valence-electron chi connectivity index (χ2n) is 3.13. The SMILES string of the molecule is O=C[C@H](Cc1ccccc1)NC(=O)CCl. The van der Waals surface area contributed by atoms with Crippen LogP contribution in [0.25, 0.3) is 0 Å². The molecule has 1 amide bonds. The Morgan fingerprint density at radius 3 is 2.60 bits per heavy atom. The first-order valence-electron chi connectivity index (χ1n) is 4.61. The Morgan fingerprint density at radius 2 is 2.07 bits per heavy atom. The second-order valence-corrected chi connectivity index (χ2v) is 3.40. The third kappa shape index (κ3) is 4.13. The molecule has 0 aliphatic heterocycles. The van der Waals surface area contributed by atoms with Gasteiger partial charge in [-0.25, -0.2) is 0 Å². The van der Waals surface area contributed by atoms with E-state index in [2.05, 4.69) is 5.32 Å². The number of alkyl halides is 1. The van der Waals surface area contributed by atoms with Crippen LogP contribution >= 0.6 is 11.6 Å². The lowest BCUT2D eigenvalue weighted by Gasteiger charge is -2.11. The van der Waals surface area contributed by atoms with Crippen LogP contribution in [0, 0.1) is 0 Å². The van der Waals surface area contributed by atoms with E-state index in [1.807, 2.05) is 30.3 Å². The average Bonchev–Trinajstić information content (AvgIpc) is 2.29. The molecule has 0 radical (unpaired) electrons. The van der Waals surface area contributed by atoms with Gasteiger partial charge in [-0.1, -0.05) is 30.3 Å². The number of amides is 1. The lowest BCUT2D eigenvalue weighted by atomic mass is 10.1. The summed E-state index contributed by atoms with van der Waals surface area (Å²) >= 11 is 5.33. The van der Waals surface area contributed by atoms with Crippen molar-refractivity contribution >= 4 is 23.8 Å². The molecule has 0 spiro atoms. The van der Waals surface area contributed by atoms with Crippen LogP contribution in [0.1, 0.15) is 5.56 Å². The smallest absolute Gasteiger partial charge is 0.235 e. The molecule has 0 unspecified atom stereocenters. The van der Waals surface area contributed by atoms with Crippen molar-refractivity contribution in [1.29, 1.82) is 0 Å². The summed E-state index contributed by atoms with van der Waals surface area (Å²) in [6.07, 6.45) is 1.21. The maximum atomic E-state index is 11.0. The molecular weight excluding hydrogens is 214 g/mol. The van der Waals surface area contributed by atoms with Crippen molar-refractivity contribution in [3.05, 3.63) is 35.9 Å². The van der Waals surface area contributed by atoms with Crippen molar-refractivity contribution in [3.8, 4) is 0 Å². The lowest BCUT2D eigenvalue weighted by molar-refractivity contribution is -0.121. The van der Waals surface area contributed by atoms with Gasteiger partial charge in [0.25, 0.3) is 0 Å². The molecule has 80 valence electrons. The highest BCUT2D eigenvalue weighted by molar-refractivity contribution is 6.27. The molecule has 0 heterocycles. The summed E-state index contributed by atoms with van der Waals surface area (Å²) in [7, 11) is 0. The van der Waals surface area contributed by atoms with Gasteiger partial charge in [0.15, 0.2) is 0 Å². The molecule has 0 bridgehead atoms. The Morgan fingerprint density at radius 1 is 1.40 bits per heavy atom. The average molecular weight is 226 g/mol. The minimum Gasteiger partial charge on any atom is -0.345 e. The molecular formula is C11H12ClNO2. The Bertz CT molecular complexity index is 327. The molecule has 0 aromatic heterocycles. The molecule has 1 rings (SSSR count). The normalized spacial score (nSPS) is 11.8. The number of hydrogen-bond acceptors (Lipinski definition) is 2. The van der Waals surface area contributed by atoms with E-state index in [0.717, 1.165) is 11.8 Å². The van der Waals surface area contributed by atoms with E-state index < -0.39 is 6.04 Å². The van der Waals surface area contributed by atoms with E-state index in [4.69, 9.17) is 11.6 Å². The molecule has 1 N–H and O–H groups in total. The fourth-order valence-corrected chi connectivity index (χ4v) is 1.32. The van der Waals surface area contributed by atoms with Gasteiger partial charge in [0.05, 0.1) is 6.04 Å². The summed E-state index contributed by atoms with van der Waals surface area (Å²) in [4.78, 5) is 21.7. The number of aldehydes is 1. The van der Waals surface area contributed by atoms with E-state index >= 15 is 0 Å². The number of carbonyl (C=O) groups is 2. The van der Waals surface area contributed by atoms with Crippen molar-refractivity contribution in [1.82, 2.24) is 5.32 Å². The van der Waals surface area contributed by atoms with Crippen molar-refractivity contribution in [2.24, 2.45) is 0 Å². The monoisotopic (exact) mass is 225 g/mol. The van der Waals surface area contributed by atoms with Crippen LogP contribution in [0.3, 0.4) is 0 Å². The molecule has 15 heavy (non-hydrogen) atoms. The third-order valence-corrected chi connectivity index (χ3v) is 2.17. The quantitative estimate of drug-likeness (QED) is 0.604. The number of carbonyl (C=O) groups excluding carboxylic acids is 2. The molecule has 0 saturated carbocycles. The Balaban J connectivity index is 2.54. The van der Waals surface area contributed by atoms with Gasteiger partial charge in [0, 0.05) is 0 Å². The maximum Gasteiger partial charge on any atom is 0.235 e. The molecule has 0 aliphatic carbocycles. The maximum absolute atomic E-state index is 11.0. The summed E-state index contributed by atoms with van der Waals surface area (Å²) in [5.74, 6) is -0.455. The molecule has 4 heteroatoms. The Labute approximate surface area is 93.4 Å². The summed E-state index contributed by atoms with van der Waals surface area (Å²) in [6, 6.07) is 8.99. The molecule has 0 aliphatic rings. The van der Waals surface area contributed by atoms with Gasteiger partial charge in [-0.15, -0.1) is 11.6 Å². The van der Waals surface area contributed by atoms with Crippen molar-refractivity contribution in [3.63, 3.8) is 0 Å². The minimum atomic E-state index is -0.501. The third-order valence-electron chi connectivity index (χ3n) is 1.93. The highest BCUT2D eigenvalue weighted by Crippen LogP contribution is 2.01. The van der Waals surface area contributed by atoms with E-state index in [1.54, 1.807) is 0 Å². The van der Waals surface area contributed by atoms with E-state index in [0.29, 0.717) is 6.42 Å². The molecule has 0 saturated heterocycles. The van der Waals surface area contributed by atoms with Crippen LogP contribution in [0.2, 0.25) is 0 Å². The van der Waals surface area contributed by atoms with E-state index in [1.165, 1.54) is 0 Å². The Hall–Kier alpha value is -1.35. The number of hydrogen-bond donors (Lipinski definition) is 1. The molecule has 1 aromatic rings. The zero-order valence-electron chi connectivity index (χ0n) is 8.15. The van der Waals surface area contributed by atoms with Gasteiger partial charge in [-0.3, -0.25) is 4.79 Å². The van der Waals surface area contributed by atoms with Crippen LogP contribution in [-0.2, 0) is 16.0 Å². The predicted octanol–water partition coefficient (Wildman–Crippen LogP) is 1.15. The first-order valence-corrected chi connectivity index (χ1v) is 5.14. The molecule has 3 nitrogen and oxygen atoms in total. The van der Waals surface area contributed by atoms with Crippen LogP contribution < -0.4 is 5.32 Å². The summed E-state index contributed by atoms with van der Waals surface area (Å²) < 4.78 is 0. The fraction of sp³-hybridized carbons (Fsp3) is 0.273. The lowest BCUT2D eigenvalue weighted by Crippen LogP contribution is -2.38. The molecule has 1 atom stereocenters. The first-order chi connectivity index (χ1) is 7.26. The van der Waals surface area contributed by atoms with Gasteiger partial charge in [-0.2, -0.15) is 0 Å². The van der Waals surface area contributed by atoms with E-state index in [-0.39, 0.29) is 11.8 Å². The number of rotatable bonds is 5. The zero-order valence-corrected chi connectivity index (χ0v) is 8.91. The minimum absolute atomic E-state index is 0.126. The fourth-order valence-electron chi connectivity index (χ4n) is 1.25. The second kappa shape index (κ2) is 6.19. The Kier molecular flexibility index (Phi) is 4.84. The molecule has 1 aromatic carbocycles. The van der Waals surface area contributed by atoms with Gasteiger partial charge < -0.3 is 10.1 Å². The summed E-state index contributed by atoms with van der Waals surface area (Å²) in [5, 5.41) is 2.53. The van der Waals surface area contributed by atoms with Crippen LogP contribution in [0.15, 0.2) is 30.3 Å². The van der Waals surface area contributed by atoms with Gasteiger partial charge in [0.1, 0.15) is 12.2 Å². The van der Waals surface area contributed by atoms with Gasteiger partial charge in [-0.05, 0) is 12.0 Å². The standard InChI is InChI=1S/C11H12ClNO2/c12-7-11(15)13-10(8-14)6-9-4-2-1-3-5-9/h1-5,8,10H,6-7H2,(H,13,15)/t10-/m0/s1. The predicted molar refractivity (Wildman–Crippen MR) is 58.9 cm³/mol. The zero-order chi connectivity index (χ0) is 11.1. The largest absolute Gasteiger partial charge is 0.345 e. The summed E-state index contributed by atoms with van der Waals surface area (Å²) in [6.45, 7) is 0. The first kappa shape index (κ1) is 11.7. The number of nitrogens with one attached hydrogen (secondary N) is 1. The van der Waals surface area contributed by atoms with E-state index in [9.17, 15) is 9.59 Å². The van der Waals surface area contributed by atoms with Gasteiger partial charge >= 0.3 is 0 Å². The van der Waals surface area contributed by atoms with Crippen molar-refractivity contribution < 1.29 is 9.59 Å². The van der Waals surface area contributed by atoms with Gasteiger partial charge in [0.2, 0.25) is 5.91 Å². The number of halogens is 1.